The van der Waals surface area contributed by atoms with Gasteiger partial charge in [0.25, 0.3) is 5.91 Å². The molecule has 3 heterocycles. The Hall–Kier alpha value is -2.48. The highest BCUT2D eigenvalue weighted by molar-refractivity contribution is 7.10. The Kier molecular flexibility index (Phi) is 4.52. The van der Waals surface area contributed by atoms with Crippen molar-refractivity contribution in [3.63, 3.8) is 0 Å². The molecule has 23 heavy (non-hydrogen) atoms. The molecule has 0 saturated carbocycles. The molecule has 0 saturated heterocycles. The van der Waals surface area contributed by atoms with E-state index in [1.807, 2.05) is 13.0 Å². The van der Waals surface area contributed by atoms with Gasteiger partial charge in [-0.05, 0) is 30.9 Å². The van der Waals surface area contributed by atoms with E-state index in [0.29, 0.717) is 29.1 Å². The third-order valence-corrected chi connectivity index (χ3v) is 4.12. The van der Waals surface area contributed by atoms with Gasteiger partial charge in [0.1, 0.15) is 16.3 Å². The highest BCUT2D eigenvalue weighted by Gasteiger charge is 2.14. The summed E-state index contributed by atoms with van der Waals surface area (Å²) in [5, 5.41) is 6.95. The van der Waals surface area contributed by atoms with E-state index in [4.69, 9.17) is 0 Å². The smallest absolute Gasteiger partial charge is 0.255 e. The largest absolute Gasteiger partial charge is 0.352 e. The van der Waals surface area contributed by atoms with Gasteiger partial charge in [-0.2, -0.15) is 4.37 Å². The summed E-state index contributed by atoms with van der Waals surface area (Å²) in [4.78, 5) is 24.0. The van der Waals surface area contributed by atoms with Gasteiger partial charge in [-0.25, -0.2) is 9.97 Å². The summed E-state index contributed by atoms with van der Waals surface area (Å²) >= 11 is 1.36. The Balaban J connectivity index is 1.83. The molecule has 0 aromatic carbocycles. The number of amides is 1. The van der Waals surface area contributed by atoms with Crippen LogP contribution in [0, 0.1) is 6.92 Å². The average Bonchev–Trinajstić information content (AvgIpc) is 3.13. The Bertz CT molecular complexity index is 824. The van der Waals surface area contributed by atoms with Crippen molar-refractivity contribution in [2.75, 3.05) is 11.9 Å². The lowest BCUT2D eigenvalue weighted by atomic mass is 10.2. The summed E-state index contributed by atoms with van der Waals surface area (Å²) in [6.45, 7) is 4.68. The fourth-order valence-electron chi connectivity index (χ4n) is 2.15. The molecule has 3 N–H and O–H groups in total. The molecule has 0 aliphatic heterocycles. The van der Waals surface area contributed by atoms with Gasteiger partial charge in [0.05, 0.1) is 17.5 Å². The van der Waals surface area contributed by atoms with Gasteiger partial charge in [0, 0.05) is 12.7 Å². The lowest BCUT2D eigenvalue weighted by Gasteiger charge is -2.04. The lowest BCUT2D eigenvalue weighted by Crippen LogP contribution is -2.24. The second kappa shape index (κ2) is 6.74. The number of nitrogens with one attached hydrogen (secondary N) is 3. The van der Waals surface area contributed by atoms with Crippen molar-refractivity contribution < 1.29 is 4.79 Å². The van der Waals surface area contributed by atoms with Gasteiger partial charge in [0.15, 0.2) is 5.65 Å². The Labute approximate surface area is 137 Å². The maximum atomic E-state index is 12.2. The molecular formula is C15H18N6OS. The molecule has 1 amide bonds. The summed E-state index contributed by atoms with van der Waals surface area (Å²) in [7, 11) is 0. The number of aromatic nitrogens is 4. The van der Waals surface area contributed by atoms with Crippen molar-refractivity contribution in [3.05, 3.63) is 29.7 Å². The van der Waals surface area contributed by atoms with Crippen molar-refractivity contribution in [2.24, 2.45) is 0 Å². The first kappa shape index (κ1) is 15.4. The minimum atomic E-state index is -0.134. The van der Waals surface area contributed by atoms with Gasteiger partial charge in [-0.15, -0.1) is 0 Å². The van der Waals surface area contributed by atoms with Crippen LogP contribution in [0.2, 0.25) is 0 Å². The first-order chi connectivity index (χ1) is 11.2. The summed E-state index contributed by atoms with van der Waals surface area (Å²) in [5.41, 5.74) is 2.61. The number of aromatic amines is 1. The quantitative estimate of drug-likeness (QED) is 0.604. The van der Waals surface area contributed by atoms with E-state index in [-0.39, 0.29) is 5.91 Å². The van der Waals surface area contributed by atoms with Crippen molar-refractivity contribution in [1.29, 1.82) is 0 Å². The zero-order chi connectivity index (χ0) is 16.2. The van der Waals surface area contributed by atoms with Gasteiger partial charge in [0.2, 0.25) is 0 Å². The summed E-state index contributed by atoms with van der Waals surface area (Å²) in [6.07, 6.45) is 5.27. The number of fused-ring (bicyclic) bond motifs is 1. The summed E-state index contributed by atoms with van der Waals surface area (Å²) < 4.78 is 4.21. The molecule has 0 radical (unpaired) electrons. The first-order valence-electron chi connectivity index (χ1n) is 7.50. The summed E-state index contributed by atoms with van der Waals surface area (Å²) in [5.74, 6) is 0.452. The van der Waals surface area contributed by atoms with Crippen LogP contribution in [-0.2, 0) is 0 Å². The van der Waals surface area contributed by atoms with E-state index in [2.05, 4.69) is 36.9 Å². The molecule has 120 valence electrons. The Morgan fingerprint density at radius 2 is 2.30 bits per heavy atom. The molecule has 8 heteroatoms. The third kappa shape index (κ3) is 3.48. The molecule has 3 aromatic heterocycles. The molecule has 3 rings (SSSR count). The molecule has 3 aromatic rings. The standard InChI is InChI=1S/C15H18N6OS/c1-3-4-5-16-15(22)10-7-17-14-13(10)20-11(8-18-14)19-12-6-9(2)21-23-12/h6-8H,3-5H2,1-2H3,(H,16,22)(H,17,18)(H,19,20). The van der Waals surface area contributed by atoms with Crippen LogP contribution in [0.3, 0.4) is 0 Å². The number of H-pyrrole nitrogens is 1. The predicted molar refractivity (Wildman–Crippen MR) is 91.3 cm³/mol. The minimum absolute atomic E-state index is 0.134. The average molecular weight is 330 g/mol. The normalized spacial score (nSPS) is 10.9. The molecule has 0 bridgehead atoms. The van der Waals surface area contributed by atoms with E-state index in [1.165, 1.54) is 11.5 Å². The number of carbonyl (C=O) groups is 1. The zero-order valence-electron chi connectivity index (χ0n) is 13.0. The monoisotopic (exact) mass is 330 g/mol. The van der Waals surface area contributed by atoms with Crippen molar-refractivity contribution in [2.45, 2.75) is 26.7 Å². The van der Waals surface area contributed by atoms with E-state index in [0.717, 1.165) is 23.5 Å². The number of nitrogens with zero attached hydrogens (tertiary/aromatic N) is 3. The van der Waals surface area contributed by atoms with Crippen LogP contribution in [0.25, 0.3) is 11.2 Å². The van der Waals surface area contributed by atoms with Crippen LogP contribution in [0.4, 0.5) is 10.8 Å². The molecule has 0 aliphatic rings. The van der Waals surface area contributed by atoms with E-state index < -0.39 is 0 Å². The number of carbonyl (C=O) groups excluding carboxylic acids is 1. The van der Waals surface area contributed by atoms with E-state index >= 15 is 0 Å². The SMILES string of the molecule is CCCCNC(=O)c1c[nH]c2ncc(Nc3cc(C)ns3)nc12. The molecule has 0 unspecified atom stereocenters. The molecule has 0 atom stereocenters. The Morgan fingerprint density at radius 3 is 3.04 bits per heavy atom. The highest BCUT2D eigenvalue weighted by atomic mass is 32.1. The number of anilines is 2. The first-order valence-corrected chi connectivity index (χ1v) is 8.27. The van der Waals surface area contributed by atoms with Crippen molar-refractivity contribution >= 4 is 39.4 Å². The van der Waals surface area contributed by atoms with E-state index in [9.17, 15) is 4.79 Å². The number of unbranched alkanes of at least 4 members (excludes halogenated alkanes) is 1. The topological polar surface area (TPSA) is 95.6 Å². The van der Waals surface area contributed by atoms with Gasteiger partial charge < -0.3 is 15.6 Å². The Morgan fingerprint density at radius 1 is 1.43 bits per heavy atom. The van der Waals surface area contributed by atoms with Crippen LogP contribution in [0.15, 0.2) is 18.5 Å². The number of rotatable bonds is 6. The fraction of sp³-hybridized carbons (Fsp3) is 0.333. The van der Waals surface area contributed by atoms with Crippen molar-refractivity contribution in [1.82, 2.24) is 24.6 Å². The molecule has 0 fully saturated rings. The zero-order valence-corrected chi connectivity index (χ0v) is 13.8. The van der Waals surface area contributed by atoms with Gasteiger partial charge in [-0.3, -0.25) is 4.79 Å². The molecule has 7 nitrogen and oxygen atoms in total. The van der Waals surface area contributed by atoms with Crippen LogP contribution >= 0.6 is 11.5 Å². The van der Waals surface area contributed by atoms with Crippen molar-refractivity contribution in [3.8, 4) is 0 Å². The number of aryl methyl sites for hydroxylation is 1. The second-order valence-corrected chi connectivity index (χ2v) is 6.03. The van der Waals surface area contributed by atoms with E-state index in [1.54, 1.807) is 12.4 Å². The fourth-order valence-corrected chi connectivity index (χ4v) is 2.82. The number of hydrogen-bond acceptors (Lipinski definition) is 6. The number of hydrogen-bond donors (Lipinski definition) is 3. The predicted octanol–water partition coefficient (Wildman–Crippen LogP) is 3.00. The lowest BCUT2D eigenvalue weighted by molar-refractivity contribution is 0.0954. The van der Waals surface area contributed by atoms with Gasteiger partial charge in [-0.1, -0.05) is 13.3 Å². The minimum Gasteiger partial charge on any atom is -0.352 e. The van der Waals surface area contributed by atoms with Crippen LogP contribution in [0.5, 0.6) is 0 Å². The van der Waals surface area contributed by atoms with Crippen LogP contribution in [0.1, 0.15) is 35.8 Å². The third-order valence-electron chi connectivity index (χ3n) is 3.32. The van der Waals surface area contributed by atoms with Crippen LogP contribution in [-0.4, -0.2) is 31.8 Å². The molecule has 0 spiro atoms. The molecule has 0 aliphatic carbocycles. The molecular weight excluding hydrogens is 312 g/mol. The highest BCUT2D eigenvalue weighted by Crippen LogP contribution is 2.22. The maximum Gasteiger partial charge on any atom is 0.255 e. The second-order valence-electron chi connectivity index (χ2n) is 5.22. The van der Waals surface area contributed by atoms with Gasteiger partial charge >= 0.3 is 0 Å². The summed E-state index contributed by atoms with van der Waals surface area (Å²) in [6, 6.07) is 1.94. The van der Waals surface area contributed by atoms with Crippen LogP contribution < -0.4 is 10.6 Å². The maximum absolute atomic E-state index is 12.2.